The van der Waals surface area contributed by atoms with Gasteiger partial charge in [0.25, 0.3) is 0 Å². The van der Waals surface area contributed by atoms with Gasteiger partial charge < -0.3 is 13.9 Å². The molecule has 0 unspecified atom stereocenters. The van der Waals surface area contributed by atoms with Crippen LogP contribution in [0.5, 0.6) is 11.5 Å². The second kappa shape index (κ2) is 9.28. The van der Waals surface area contributed by atoms with Gasteiger partial charge >= 0.3 is 12.0 Å². The summed E-state index contributed by atoms with van der Waals surface area (Å²) in [6, 6.07) is 10.7. The first-order valence-corrected chi connectivity index (χ1v) is 11.7. The predicted molar refractivity (Wildman–Crippen MR) is 116 cm³/mol. The van der Waals surface area contributed by atoms with E-state index in [9.17, 15) is 26.4 Å². The Labute approximate surface area is 193 Å². The monoisotopic (exact) mass is 498 g/mol. The van der Waals surface area contributed by atoms with Gasteiger partial charge in [-0.15, -0.1) is 13.2 Å². The average molecular weight is 498 g/mol. The molecule has 182 valence electrons. The summed E-state index contributed by atoms with van der Waals surface area (Å²) in [4.78, 5) is 13.9. The first-order chi connectivity index (χ1) is 16.0. The molecular formula is C22H21F3N2O6S. The summed E-state index contributed by atoms with van der Waals surface area (Å²) in [5.74, 6) is 0.0677. The topological polar surface area (TPSA) is 89.3 Å². The predicted octanol–water partition coefficient (Wildman–Crippen LogP) is 3.21. The number of piperazine rings is 1. The van der Waals surface area contributed by atoms with E-state index in [1.54, 1.807) is 18.2 Å². The maximum Gasteiger partial charge on any atom is 0.573 e. The standard InChI is InChI=1S/C22H21F3N2O6S/c1-31-17-4-7-19-15(12-21(28)32-20(19)13-17)14-26-8-10-27(11-9-26)34(29,30)18-5-2-16(3-6-18)33-22(23,24)25/h2-7,12-13H,8-11,14H2,1H3. The largest absolute Gasteiger partial charge is 0.573 e. The lowest BCUT2D eigenvalue weighted by atomic mass is 10.1. The highest BCUT2D eigenvalue weighted by atomic mass is 32.2. The minimum atomic E-state index is -4.85. The van der Waals surface area contributed by atoms with Crippen LogP contribution in [0.25, 0.3) is 11.0 Å². The molecule has 0 aliphatic carbocycles. The van der Waals surface area contributed by atoms with Crippen molar-refractivity contribution in [2.75, 3.05) is 33.3 Å². The number of fused-ring (bicyclic) bond motifs is 1. The summed E-state index contributed by atoms with van der Waals surface area (Å²) >= 11 is 0. The number of ether oxygens (including phenoxy) is 2. The lowest BCUT2D eigenvalue weighted by molar-refractivity contribution is -0.274. The van der Waals surface area contributed by atoms with Crippen molar-refractivity contribution >= 4 is 21.0 Å². The molecular weight excluding hydrogens is 477 g/mol. The zero-order chi connectivity index (χ0) is 24.5. The van der Waals surface area contributed by atoms with E-state index in [-0.39, 0.29) is 18.0 Å². The minimum Gasteiger partial charge on any atom is -0.497 e. The zero-order valence-corrected chi connectivity index (χ0v) is 18.9. The van der Waals surface area contributed by atoms with Crippen LogP contribution in [0, 0.1) is 0 Å². The van der Waals surface area contributed by atoms with Crippen LogP contribution in [-0.2, 0) is 16.6 Å². The average Bonchev–Trinajstić information content (AvgIpc) is 2.78. The maximum atomic E-state index is 12.9. The van der Waals surface area contributed by atoms with Gasteiger partial charge in [0.2, 0.25) is 10.0 Å². The highest BCUT2D eigenvalue weighted by molar-refractivity contribution is 7.89. The van der Waals surface area contributed by atoms with Crippen LogP contribution in [-0.4, -0.2) is 57.3 Å². The van der Waals surface area contributed by atoms with Crippen molar-refractivity contribution in [3.8, 4) is 11.5 Å². The second-order valence-corrected chi connectivity index (χ2v) is 9.59. The number of sulfonamides is 1. The molecule has 2 aromatic carbocycles. The molecule has 12 heteroatoms. The molecule has 0 atom stereocenters. The Morgan fingerprint density at radius 1 is 0.971 bits per heavy atom. The van der Waals surface area contributed by atoms with Crippen molar-refractivity contribution in [3.05, 3.63) is 64.5 Å². The number of benzene rings is 2. The number of hydrogen-bond acceptors (Lipinski definition) is 7. The van der Waals surface area contributed by atoms with Crippen LogP contribution < -0.4 is 15.1 Å². The van der Waals surface area contributed by atoms with Crippen molar-refractivity contribution < 1.29 is 35.5 Å². The fourth-order valence-corrected chi connectivity index (χ4v) is 5.22. The van der Waals surface area contributed by atoms with Crippen molar-refractivity contribution in [1.82, 2.24) is 9.21 Å². The summed E-state index contributed by atoms with van der Waals surface area (Å²) in [7, 11) is -2.36. The Bertz CT molecular complexity index is 1330. The van der Waals surface area contributed by atoms with Gasteiger partial charge in [-0.2, -0.15) is 4.31 Å². The second-order valence-electron chi connectivity index (χ2n) is 7.65. The van der Waals surface area contributed by atoms with Crippen molar-refractivity contribution in [2.45, 2.75) is 17.8 Å². The van der Waals surface area contributed by atoms with Gasteiger partial charge in [-0.1, -0.05) is 0 Å². The molecule has 8 nitrogen and oxygen atoms in total. The molecule has 2 heterocycles. The molecule has 1 aliphatic rings. The Kier molecular flexibility index (Phi) is 6.56. The van der Waals surface area contributed by atoms with Gasteiger partial charge in [-0.05, 0) is 42.0 Å². The van der Waals surface area contributed by atoms with Gasteiger partial charge in [0, 0.05) is 50.2 Å². The Balaban J connectivity index is 1.44. The highest BCUT2D eigenvalue weighted by Gasteiger charge is 2.32. The molecule has 0 saturated carbocycles. The van der Waals surface area contributed by atoms with Gasteiger partial charge in [-0.3, -0.25) is 4.90 Å². The van der Waals surface area contributed by atoms with E-state index in [0.29, 0.717) is 31.0 Å². The smallest absolute Gasteiger partial charge is 0.497 e. The van der Waals surface area contributed by atoms with Gasteiger partial charge in [-0.25, -0.2) is 13.2 Å². The summed E-state index contributed by atoms with van der Waals surface area (Å²) < 4.78 is 78.3. The van der Waals surface area contributed by atoms with Crippen LogP contribution in [0.15, 0.2) is 62.6 Å². The maximum absolute atomic E-state index is 12.9. The van der Waals surface area contributed by atoms with Crippen LogP contribution >= 0.6 is 0 Å². The molecule has 34 heavy (non-hydrogen) atoms. The fraction of sp³-hybridized carbons (Fsp3) is 0.318. The van der Waals surface area contributed by atoms with Crippen LogP contribution in [0.3, 0.4) is 0 Å². The molecule has 4 rings (SSSR count). The molecule has 3 aromatic rings. The molecule has 0 N–H and O–H groups in total. The Morgan fingerprint density at radius 3 is 2.24 bits per heavy atom. The third-order valence-corrected chi connectivity index (χ3v) is 7.37. The third-order valence-electron chi connectivity index (χ3n) is 5.46. The summed E-state index contributed by atoms with van der Waals surface area (Å²) in [6.45, 7) is 1.62. The molecule has 1 aromatic heterocycles. The summed E-state index contributed by atoms with van der Waals surface area (Å²) in [5.41, 5.74) is 0.668. The quantitative estimate of drug-likeness (QED) is 0.482. The first-order valence-electron chi connectivity index (χ1n) is 10.2. The summed E-state index contributed by atoms with van der Waals surface area (Å²) in [5, 5.41) is 0.761. The van der Waals surface area contributed by atoms with E-state index in [4.69, 9.17) is 9.15 Å². The Hall–Kier alpha value is -3.09. The number of alkyl halides is 3. The molecule has 1 fully saturated rings. The molecule has 0 spiro atoms. The number of nitrogens with zero attached hydrogens (tertiary/aromatic N) is 2. The van der Waals surface area contributed by atoms with E-state index in [0.717, 1.165) is 35.2 Å². The normalized spacial score (nSPS) is 16.0. The molecule has 0 bridgehead atoms. The minimum absolute atomic E-state index is 0.115. The Morgan fingerprint density at radius 2 is 1.62 bits per heavy atom. The third kappa shape index (κ3) is 5.34. The van der Waals surface area contributed by atoms with E-state index < -0.39 is 27.8 Å². The number of methoxy groups -OCH3 is 1. The number of rotatable bonds is 6. The zero-order valence-electron chi connectivity index (χ0n) is 18.0. The lowest BCUT2D eigenvalue weighted by Gasteiger charge is -2.34. The molecule has 1 saturated heterocycles. The van der Waals surface area contributed by atoms with Crippen LogP contribution in [0.2, 0.25) is 0 Å². The van der Waals surface area contributed by atoms with Crippen LogP contribution in [0.1, 0.15) is 5.56 Å². The lowest BCUT2D eigenvalue weighted by Crippen LogP contribution is -2.48. The molecule has 0 amide bonds. The van der Waals surface area contributed by atoms with E-state index in [1.807, 2.05) is 4.90 Å². The SMILES string of the molecule is COc1ccc2c(CN3CCN(S(=O)(=O)c4ccc(OC(F)(F)F)cc4)CC3)cc(=O)oc2c1. The first kappa shape index (κ1) is 24.0. The highest BCUT2D eigenvalue weighted by Crippen LogP contribution is 2.27. The van der Waals surface area contributed by atoms with E-state index in [1.165, 1.54) is 17.5 Å². The van der Waals surface area contributed by atoms with Crippen LogP contribution in [0.4, 0.5) is 13.2 Å². The van der Waals surface area contributed by atoms with Crippen molar-refractivity contribution in [1.29, 1.82) is 0 Å². The van der Waals surface area contributed by atoms with Gasteiger partial charge in [0.05, 0.1) is 12.0 Å². The van der Waals surface area contributed by atoms with Gasteiger partial charge in [0.1, 0.15) is 17.1 Å². The molecule has 0 radical (unpaired) electrons. The van der Waals surface area contributed by atoms with Gasteiger partial charge in [0.15, 0.2) is 0 Å². The van der Waals surface area contributed by atoms with Crippen molar-refractivity contribution in [2.24, 2.45) is 0 Å². The van der Waals surface area contributed by atoms with E-state index in [2.05, 4.69) is 4.74 Å². The number of hydrogen-bond donors (Lipinski definition) is 0. The van der Waals surface area contributed by atoms with E-state index >= 15 is 0 Å². The van der Waals surface area contributed by atoms with Crippen molar-refractivity contribution in [3.63, 3.8) is 0 Å². The number of halogens is 3. The fourth-order valence-electron chi connectivity index (χ4n) is 3.80. The molecule has 1 aliphatic heterocycles. The summed E-state index contributed by atoms with van der Waals surface area (Å²) in [6.07, 6.45) is -4.85.